The molecule has 4 heteroatoms. The van der Waals surface area contributed by atoms with Crippen LogP contribution >= 0.6 is 0 Å². The molecular formula is C19H22O4. The fourth-order valence-electron chi connectivity index (χ4n) is 2.35. The standard InChI is InChI=1S/C19H22O4/c1-21-19(22-2,15-17-11-7-4-8-12-17)18(20)23-14-13-16-9-5-3-6-10-16/h3-12H,13-15H2,1-2H3. The number of hydrogen-bond acceptors (Lipinski definition) is 4. The van der Waals surface area contributed by atoms with Crippen LogP contribution in [0.2, 0.25) is 0 Å². The molecule has 0 N–H and O–H groups in total. The minimum Gasteiger partial charge on any atom is -0.461 e. The lowest BCUT2D eigenvalue weighted by Crippen LogP contribution is -2.46. The van der Waals surface area contributed by atoms with E-state index in [1.165, 1.54) is 14.2 Å². The average Bonchev–Trinajstić information content (AvgIpc) is 2.61. The molecule has 0 fully saturated rings. The molecule has 4 nitrogen and oxygen atoms in total. The molecule has 0 aromatic heterocycles. The number of hydrogen-bond donors (Lipinski definition) is 0. The Kier molecular flexibility index (Phi) is 6.32. The fraction of sp³-hybridized carbons (Fsp3) is 0.316. The molecule has 0 saturated heterocycles. The van der Waals surface area contributed by atoms with E-state index in [-0.39, 0.29) is 6.61 Å². The van der Waals surface area contributed by atoms with Crippen molar-refractivity contribution in [1.29, 1.82) is 0 Å². The maximum atomic E-state index is 12.4. The maximum Gasteiger partial charge on any atom is 0.367 e. The SMILES string of the molecule is COC(Cc1ccccc1)(OC)C(=O)OCCc1ccccc1. The molecule has 2 aromatic carbocycles. The van der Waals surface area contributed by atoms with Gasteiger partial charge in [-0.15, -0.1) is 0 Å². The maximum absolute atomic E-state index is 12.4. The highest BCUT2D eigenvalue weighted by atomic mass is 16.7. The lowest BCUT2D eigenvalue weighted by Gasteiger charge is -2.28. The number of methoxy groups -OCH3 is 2. The van der Waals surface area contributed by atoms with E-state index in [0.29, 0.717) is 12.8 Å². The van der Waals surface area contributed by atoms with Gasteiger partial charge in [-0.05, 0) is 11.1 Å². The van der Waals surface area contributed by atoms with Crippen molar-refractivity contribution in [3.63, 3.8) is 0 Å². The predicted octanol–water partition coefficient (Wildman–Crippen LogP) is 3.00. The Morgan fingerprint density at radius 3 is 1.91 bits per heavy atom. The van der Waals surface area contributed by atoms with Gasteiger partial charge in [-0.1, -0.05) is 60.7 Å². The van der Waals surface area contributed by atoms with Crippen LogP contribution in [0.1, 0.15) is 11.1 Å². The van der Waals surface area contributed by atoms with E-state index >= 15 is 0 Å². The lowest BCUT2D eigenvalue weighted by molar-refractivity contribution is -0.229. The molecule has 0 unspecified atom stereocenters. The molecule has 0 saturated carbocycles. The van der Waals surface area contributed by atoms with E-state index < -0.39 is 11.8 Å². The van der Waals surface area contributed by atoms with Crippen LogP contribution in [0.25, 0.3) is 0 Å². The van der Waals surface area contributed by atoms with E-state index in [4.69, 9.17) is 14.2 Å². The first kappa shape index (κ1) is 17.2. The number of benzene rings is 2. The third kappa shape index (κ3) is 4.65. The Labute approximate surface area is 137 Å². The summed E-state index contributed by atoms with van der Waals surface area (Å²) >= 11 is 0. The first-order chi connectivity index (χ1) is 11.2. The van der Waals surface area contributed by atoms with Crippen molar-refractivity contribution in [2.75, 3.05) is 20.8 Å². The van der Waals surface area contributed by atoms with Gasteiger partial charge in [0.05, 0.1) is 6.61 Å². The van der Waals surface area contributed by atoms with Crippen molar-refractivity contribution >= 4 is 5.97 Å². The summed E-state index contributed by atoms with van der Waals surface area (Å²) in [4.78, 5) is 12.4. The number of rotatable bonds is 8. The predicted molar refractivity (Wildman–Crippen MR) is 88.0 cm³/mol. The number of esters is 1. The summed E-state index contributed by atoms with van der Waals surface area (Å²) in [5.41, 5.74) is 2.06. The van der Waals surface area contributed by atoms with Crippen molar-refractivity contribution in [2.45, 2.75) is 18.6 Å². The van der Waals surface area contributed by atoms with Crippen molar-refractivity contribution in [1.82, 2.24) is 0 Å². The highest BCUT2D eigenvalue weighted by Crippen LogP contribution is 2.20. The first-order valence-electron chi connectivity index (χ1n) is 7.55. The molecule has 0 amide bonds. The quantitative estimate of drug-likeness (QED) is 0.555. The van der Waals surface area contributed by atoms with Crippen molar-refractivity contribution in [3.05, 3.63) is 71.8 Å². The molecule has 0 radical (unpaired) electrons. The van der Waals surface area contributed by atoms with Crippen molar-refractivity contribution < 1.29 is 19.0 Å². The van der Waals surface area contributed by atoms with Gasteiger partial charge in [0.25, 0.3) is 5.79 Å². The molecule has 0 bridgehead atoms. The summed E-state index contributed by atoms with van der Waals surface area (Å²) in [6, 6.07) is 19.4. The highest BCUT2D eigenvalue weighted by molar-refractivity contribution is 5.78. The Hall–Kier alpha value is -2.17. The molecule has 2 aromatic rings. The van der Waals surface area contributed by atoms with Gasteiger partial charge in [-0.25, -0.2) is 4.79 Å². The highest BCUT2D eigenvalue weighted by Gasteiger charge is 2.41. The van der Waals surface area contributed by atoms with E-state index in [1.54, 1.807) is 0 Å². The van der Waals surface area contributed by atoms with Gasteiger partial charge in [0.2, 0.25) is 0 Å². The zero-order valence-corrected chi connectivity index (χ0v) is 13.5. The summed E-state index contributed by atoms with van der Waals surface area (Å²) in [5, 5.41) is 0. The van der Waals surface area contributed by atoms with Gasteiger partial charge in [-0.2, -0.15) is 0 Å². The van der Waals surface area contributed by atoms with Crippen LogP contribution in [0.3, 0.4) is 0 Å². The van der Waals surface area contributed by atoms with E-state index in [2.05, 4.69) is 0 Å². The van der Waals surface area contributed by atoms with Crippen LogP contribution < -0.4 is 0 Å². The molecule has 0 aliphatic rings. The molecule has 122 valence electrons. The van der Waals surface area contributed by atoms with Crippen LogP contribution in [0.15, 0.2) is 60.7 Å². The molecule has 23 heavy (non-hydrogen) atoms. The van der Waals surface area contributed by atoms with Gasteiger partial charge in [0.15, 0.2) is 0 Å². The van der Waals surface area contributed by atoms with E-state index in [1.807, 2.05) is 60.7 Å². The summed E-state index contributed by atoms with van der Waals surface area (Å²) in [6.45, 7) is 0.284. The molecule has 0 spiro atoms. The number of ether oxygens (including phenoxy) is 3. The summed E-state index contributed by atoms with van der Waals surface area (Å²) in [7, 11) is 2.90. The molecule has 0 heterocycles. The Bertz CT molecular complexity index is 591. The third-order valence-corrected chi connectivity index (χ3v) is 3.72. The van der Waals surface area contributed by atoms with Crippen LogP contribution in [0, 0.1) is 0 Å². The summed E-state index contributed by atoms with van der Waals surface area (Å²) < 4.78 is 16.1. The molecule has 0 atom stereocenters. The Morgan fingerprint density at radius 2 is 1.39 bits per heavy atom. The van der Waals surface area contributed by atoms with E-state index in [0.717, 1.165) is 11.1 Å². The van der Waals surface area contributed by atoms with Crippen LogP contribution in [0.5, 0.6) is 0 Å². The second-order valence-corrected chi connectivity index (χ2v) is 5.20. The average molecular weight is 314 g/mol. The minimum atomic E-state index is -1.42. The van der Waals surface area contributed by atoms with Gasteiger partial charge in [-0.3, -0.25) is 0 Å². The van der Waals surface area contributed by atoms with Crippen LogP contribution in [-0.4, -0.2) is 32.6 Å². The van der Waals surface area contributed by atoms with Gasteiger partial charge in [0.1, 0.15) is 0 Å². The Balaban J connectivity index is 1.97. The summed E-state index contributed by atoms with van der Waals surface area (Å²) in [6.07, 6.45) is 0.951. The third-order valence-electron chi connectivity index (χ3n) is 3.72. The van der Waals surface area contributed by atoms with Crippen molar-refractivity contribution in [3.8, 4) is 0 Å². The molecule has 0 aliphatic heterocycles. The smallest absolute Gasteiger partial charge is 0.367 e. The molecular weight excluding hydrogens is 292 g/mol. The monoisotopic (exact) mass is 314 g/mol. The molecule has 2 rings (SSSR count). The second kappa shape index (κ2) is 8.46. The fourth-order valence-corrected chi connectivity index (χ4v) is 2.35. The largest absolute Gasteiger partial charge is 0.461 e. The number of carbonyl (C=O) groups is 1. The topological polar surface area (TPSA) is 44.8 Å². The minimum absolute atomic E-state index is 0.284. The van der Waals surface area contributed by atoms with Crippen LogP contribution in [0.4, 0.5) is 0 Å². The van der Waals surface area contributed by atoms with Crippen molar-refractivity contribution in [2.24, 2.45) is 0 Å². The zero-order chi connectivity index (χ0) is 16.5. The zero-order valence-electron chi connectivity index (χ0n) is 13.5. The Morgan fingerprint density at radius 1 is 0.870 bits per heavy atom. The lowest BCUT2D eigenvalue weighted by atomic mass is 10.0. The summed E-state index contributed by atoms with van der Waals surface area (Å²) in [5.74, 6) is -1.93. The first-order valence-corrected chi connectivity index (χ1v) is 7.55. The van der Waals surface area contributed by atoms with Gasteiger partial charge in [0, 0.05) is 27.1 Å². The second-order valence-electron chi connectivity index (χ2n) is 5.20. The van der Waals surface area contributed by atoms with E-state index in [9.17, 15) is 4.79 Å². The number of carbonyl (C=O) groups excluding carboxylic acids is 1. The van der Waals surface area contributed by atoms with Gasteiger partial charge < -0.3 is 14.2 Å². The normalized spacial score (nSPS) is 11.2. The van der Waals surface area contributed by atoms with Crippen LogP contribution in [-0.2, 0) is 31.8 Å². The van der Waals surface area contributed by atoms with Gasteiger partial charge >= 0.3 is 5.97 Å². The molecule has 0 aliphatic carbocycles.